The number of hydrogen-bond donors (Lipinski definition) is 0. The Balaban J connectivity index is 1.56. The van der Waals surface area contributed by atoms with Crippen LogP contribution < -0.4 is 9.47 Å². The Labute approximate surface area is 160 Å². The molecule has 1 aromatic heterocycles. The summed E-state index contributed by atoms with van der Waals surface area (Å²) >= 11 is 0. The number of carbonyl (C=O) groups is 1. The van der Waals surface area contributed by atoms with Crippen molar-refractivity contribution in [3.8, 4) is 11.5 Å². The Morgan fingerprint density at radius 1 is 1.19 bits per heavy atom. The predicted molar refractivity (Wildman–Crippen MR) is 103 cm³/mol. The molecule has 2 aliphatic rings. The third kappa shape index (κ3) is 3.77. The van der Waals surface area contributed by atoms with Crippen LogP contribution in [0.15, 0.2) is 42.7 Å². The maximum atomic E-state index is 13.5. The van der Waals surface area contributed by atoms with E-state index in [1.807, 2.05) is 42.7 Å². The van der Waals surface area contributed by atoms with Gasteiger partial charge in [0.25, 0.3) is 0 Å². The summed E-state index contributed by atoms with van der Waals surface area (Å²) in [4.78, 5) is 19.7. The van der Waals surface area contributed by atoms with Crippen LogP contribution in [0.3, 0.4) is 0 Å². The van der Waals surface area contributed by atoms with Gasteiger partial charge >= 0.3 is 0 Å². The number of methoxy groups -OCH3 is 1. The van der Waals surface area contributed by atoms with Gasteiger partial charge in [-0.25, -0.2) is 0 Å². The lowest BCUT2D eigenvalue weighted by Gasteiger charge is -2.35. The van der Waals surface area contributed by atoms with E-state index in [2.05, 4.69) is 9.88 Å². The first-order valence-corrected chi connectivity index (χ1v) is 9.76. The van der Waals surface area contributed by atoms with E-state index in [0.717, 1.165) is 42.9 Å². The zero-order valence-corrected chi connectivity index (χ0v) is 15.8. The molecule has 0 saturated carbocycles. The molecule has 1 saturated heterocycles. The SMILES string of the molecule is COc1ccc2c(c1)CC(C(=O)N1CCCCCC1c1ccncc1)CO2. The molecule has 1 aromatic carbocycles. The van der Waals surface area contributed by atoms with Crippen molar-refractivity contribution in [3.63, 3.8) is 0 Å². The van der Waals surface area contributed by atoms with E-state index < -0.39 is 0 Å². The van der Waals surface area contributed by atoms with Crippen molar-refractivity contribution in [2.75, 3.05) is 20.3 Å². The van der Waals surface area contributed by atoms with Gasteiger partial charge in [-0.05, 0) is 60.7 Å². The Bertz CT molecular complexity index is 793. The Morgan fingerprint density at radius 3 is 2.85 bits per heavy atom. The molecule has 0 aliphatic carbocycles. The van der Waals surface area contributed by atoms with Gasteiger partial charge in [-0.2, -0.15) is 0 Å². The first-order valence-electron chi connectivity index (χ1n) is 9.76. The lowest BCUT2D eigenvalue weighted by molar-refractivity contribution is -0.139. The summed E-state index contributed by atoms with van der Waals surface area (Å²) < 4.78 is 11.2. The van der Waals surface area contributed by atoms with Crippen molar-refractivity contribution >= 4 is 5.91 Å². The molecule has 1 amide bonds. The number of likely N-dealkylation sites (tertiary alicyclic amines) is 1. The van der Waals surface area contributed by atoms with Gasteiger partial charge in [0.1, 0.15) is 18.1 Å². The summed E-state index contributed by atoms with van der Waals surface area (Å²) in [6, 6.07) is 10.0. The molecule has 0 bridgehead atoms. The van der Waals surface area contributed by atoms with E-state index in [1.54, 1.807) is 7.11 Å². The van der Waals surface area contributed by atoms with E-state index >= 15 is 0 Å². The Hall–Kier alpha value is -2.56. The predicted octanol–water partition coefficient (Wildman–Crippen LogP) is 3.79. The van der Waals surface area contributed by atoms with Gasteiger partial charge in [0.05, 0.1) is 19.1 Å². The van der Waals surface area contributed by atoms with E-state index in [9.17, 15) is 4.79 Å². The largest absolute Gasteiger partial charge is 0.497 e. The number of amides is 1. The van der Waals surface area contributed by atoms with E-state index in [0.29, 0.717) is 13.0 Å². The second-order valence-corrected chi connectivity index (χ2v) is 7.36. The number of ether oxygens (including phenoxy) is 2. The van der Waals surface area contributed by atoms with Crippen LogP contribution in [0.25, 0.3) is 0 Å². The highest BCUT2D eigenvalue weighted by Gasteiger charge is 2.34. The van der Waals surface area contributed by atoms with Gasteiger partial charge < -0.3 is 14.4 Å². The van der Waals surface area contributed by atoms with Gasteiger partial charge in [0.15, 0.2) is 0 Å². The normalized spacial score (nSPS) is 22.3. The molecule has 4 rings (SSSR count). The smallest absolute Gasteiger partial charge is 0.229 e. The number of benzene rings is 1. The first-order chi connectivity index (χ1) is 13.3. The lowest BCUT2D eigenvalue weighted by atomic mass is 9.93. The topological polar surface area (TPSA) is 51.7 Å². The average Bonchev–Trinajstić information content (AvgIpc) is 2.99. The van der Waals surface area contributed by atoms with Gasteiger partial charge in [0, 0.05) is 18.9 Å². The van der Waals surface area contributed by atoms with Crippen LogP contribution in [0.1, 0.15) is 42.9 Å². The molecule has 2 atom stereocenters. The first kappa shape index (κ1) is 17.8. The number of nitrogens with zero attached hydrogens (tertiary/aromatic N) is 2. The zero-order valence-electron chi connectivity index (χ0n) is 15.8. The highest BCUT2D eigenvalue weighted by Crippen LogP contribution is 2.35. The number of hydrogen-bond acceptors (Lipinski definition) is 4. The van der Waals surface area contributed by atoms with E-state index in [1.165, 1.54) is 12.0 Å². The van der Waals surface area contributed by atoms with Crippen molar-refractivity contribution in [3.05, 3.63) is 53.9 Å². The molecule has 3 heterocycles. The molecule has 0 radical (unpaired) electrons. The molecule has 2 aliphatic heterocycles. The molecule has 2 unspecified atom stereocenters. The molecular formula is C22H26N2O3. The number of aromatic nitrogens is 1. The average molecular weight is 366 g/mol. The zero-order chi connectivity index (χ0) is 18.6. The number of fused-ring (bicyclic) bond motifs is 1. The summed E-state index contributed by atoms with van der Waals surface area (Å²) in [5.74, 6) is 1.72. The van der Waals surface area contributed by atoms with Crippen LogP contribution in [0.2, 0.25) is 0 Å². The fraction of sp³-hybridized carbons (Fsp3) is 0.455. The summed E-state index contributed by atoms with van der Waals surface area (Å²) in [5, 5.41) is 0. The molecule has 0 spiro atoms. The summed E-state index contributed by atoms with van der Waals surface area (Å²) in [7, 11) is 1.66. The summed E-state index contributed by atoms with van der Waals surface area (Å²) in [6.07, 6.45) is 8.72. The molecule has 27 heavy (non-hydrogen) atoms. The van der Waals surface area contributed by atoms with Crippen LogP contribution in [-0.2, 0) is 11.2 Å². The van der Waals surface area contributed by atoms with Crippen molar-refractivity contribution in [2.45, 2.75) is 38.1 Å². The van der Waals surface area contributed by atoms with Crippen LogP contribution in [-0.4, -0.2) is 36.1 Å². The molecule has 0 N–H and O–H groups in total. The number of pyridine rings is 1. The van der Waals surface area contributed by atoms with Crippen LogP contribution in [0.4, 0.5) is 0 Å². The summed E-state index contributed by atoms with van der Waals surface area (Å²) in [6.45, 7) is 1.25. The molecular weight excluding hydrogens is 340 g/mol. The van der Waals surface area contributed by atoms with Crippen LogP contribution in [0.5, 0.6) is 11.5 Å². The highest BCUT2D eigenvalue weighted by molar-refractivity contribution is 5.80. The third-order valence-corrected chi connectivity index (χ3v) is 5.65. The molecule has 2 aromatic rings. The third-order valence-electron chi connectivity index (χ3n) is 5.65. The minimum absolute atomic E-state index is 0.134. The van der Waals surface area contributed by atoms with E-state index in [4.69, 9.17) is 9.47 Å². The van der Waals surface area contributed by atoms with Crippen LogP contribution >= 0.6 is 0 Å². The minimum Gasteiger partial charge on any atom is -0.497 e. The second-order valence-electron chi connectivity index (χ2n) is 7.36. The van der Waals surface area contributed by atoms with Crippen LogP contribution in [0, 0.1) is 5.92 Å². The maximum absolute atomic E-state index is 13.5. The van der Waals surface area contributed by atoms with E-state index in [-0.39, 0.29) is 17.9 Å². The number of carbonyl (C=O) groups excluding carboxylic acids is 1. The Kier molecular flexibility index (Phi) is 5.28. The fourth-order valence-corrected chi connectivity index (χ4v) is 4.20. The van der Waals surface area contributed by atoms with Gasteiger partial charge in [-0.1, -0.05) is 12.8 Å². The second kappa shape index (κ2) is 7.99. The fourth-order valence-electron chi connectivity index (χ4n) is 4.20. The Morgan fingerprint density at radius 2 is 2.04 bits per heavy atom. The molecule has 5 nitrogen and oxygen atoms in total. The van der Waals surface area contributed by atoms with Gasteiger partial charge in [-0.15, -0.1) is 0 Å². The monoisotopic (exact) mass is 366 g/mol. The number of rotatable bonds is 3. The molecule has 5 heteroatoms. The van der Waals surface area contributed by atoms with Gasteiger partial charge in [-0.3, -0.25) is 9.78 Å². The summed E-state index contributed by atoms with van der Waals surface area (Å²) in [5.41, 5.74) is 2.23. The van der Waals surface area contributed by atoms with Crippen molar-refractivity contribution in [1.82, 2.24) is 9.88 Å². The molecule has 1 fully saturated rings. The quantitative estimate of drug-likeness (QED) is 0.829. The lowest BCUT2D eigenvalue weighted by Crippen LogP contribution is -2.42. The van der Waals surface area contributed by atoms with Crippen molar-refractivity contribution in [2.24, 2.45) is 5.92 Å². The maximum Gasteiger partial charge on any atom is 0.229 e. The van der Waals surface area contributed by atoms with Crippen molar-refractivity contribution < 1.29 is 14.3 Å². The minimum atomic E-state index is -0.146. The molecule has 142 valence electrons. The van der Waals surface area contributed by atoms with Crippen molar-refractivity contribution in [1.29, 1.82) is 0 Å². The standard InChI is InChI=1S/C22H26N2O3/c1-26-19-6-7-21-17(14-19)13-18(15-27-21)22(25)24-12-4-2-3-5-20(24)16-8-10-23-11-9-16/h6-11,14,18,20H,2-5,12-13,15H2,1H3. The van der Waals surface area contributed by atoms with Gasteiger partial charge in [0.2, 0.25) is 5.91 Å². The highest BCUT2D eigenvalue weighted by atomic mass is 16.5.